The topological polar surface area (TPSA) is 47.0 Å². The van der Waals surface area contributed by atoms with Crippen LogP contribution in [0.2, 0.25) is 0 Å². The number of hydrogen-bond donors (Lipinski definition) is 1. The first-order valence-electron chi connectivity index (χ1n) is 5.82. The third kappa shape index (κ3) is 3.17. The fourth-order valence-electron chi connectivity index (χ4n) is 1.69. The van der Waals surface area contributed by atoms with Crippen LogP contribution in [0.5, 0.6) is 5.88 Å². The van der Waals surface area contributed by atoms with Gasteiger partial charge in [0, 0.05) is 6.07 Å². The maximum absolute atomic E-state index is 5.12. The molecule has 1 aromatic heterocycles. The van der Waals surface area contributed by atoms with E-state index in [1.54, 1.807) is 13.4 Å². The molecule has 4 heteroatoms. The Hall–Kier alpha value is -1.16. The molecule has 0 bridgehead atoms. The number of nitrogens with zero attached hydrogens (tertiary/aromatic N) is 2. The summed E-state index contributed by atoms with van der Waals surface area (Å²) in [6.07, 6.45) is 2.67. The van der Waals surface area contributed by atoms with Crippen molar-refractivity contribution in [2.45, 2.75) is 33.2 Å². The van der Waals surface area contributed by atoms with Crippen LogP contribution < -0.4 is 10.1 Å². The molecule has 16 heavy (non-hydrogen) atoms. The first kappa shape index (κ1) is 12.9. The molecular formula is C12H21N3O. The molecule has 0 aliphatic heterocycles. The monoisotopic (exact) mass is 223 g/mol. The summed E-state index contributed by atoms with van der Waals surface area (Å²) < 4.78 is 5.12. The lowest BCUT2D eigenvalue weighted by Crippen LogP contribution is -2.27. The van der Waals surface area contributed by atoms with E-state index in [0.29, 0.717) is 11.8 Å². The minimum absolute atomic E-state index is 0.270. The Balaban J connectivity index is 2.90. The van der Waals surface area contributed by atoms with Crippen molar-refractivity contribution in [2.75, 3.05) is 13.7 Å². The van der Waals surface area contributed by atoms with Gasteiger partial charge in [-0.1, -0.05) is 27.2 Å². The van der Waals surface area contributed by atoms with E-state index in [9.17, 15) is 0 Å². The van der Waals surface area contributed by atoms with Gasteiger partial charge in [-0.2, -0.15) is 0 Å². The van der Waals surface area contributed by atoms with Gasteiger partial charge in [-0.15, -0.1) is 0 Å². The van der Waals surface area contributed by atoms with E-state index < -0.39 is 0 Å². The molecule has 0 aliphatic rings. The summed E-state index contributed by atoms with van der Waals surface area (Å²) in [7, 11) is 1.62. The minimum Gasteiger partial charge on any atom is -0.481 e. The third-order valence-corrected chi connectivity index (χ3v) is 2.83. The smallest absolute Gasteiger partial charge is 0.216 e. The van der Waals surface area contributed by atoms with E-state index >= 15 is 0 Å². The van der Waals surface area contributed by atoms with Crippen molar-refractivity contribution in [1.82, 2.24) is 15.3 Å². The van der Waals surface area contributed by atoms with Gasteiger partial charge < -0.3 is 10.1 Å². The predicted octanol–water partition coefficient (Wildman–Crippen LogP) is 2.18. The van der Waals surface area contributed by atoms with Gasteiger partial charge in [-0.25, -0.2) is 9.97 Å². The Morgan fingerprint density at radius 1 is 1.38 bits per heavy atom. The SMILES string of the molecule is CCNC(c1cc(OC)ncn1)C(C)CC. The van der Waals surface area contributed by atoms with Crippen LogP contribution in [0.1, 0.15) is 38.9 Å². The molecule has 1 aromatic rings. The summed E-state index contributed by atoms with van der Waals surface area (Å²) in [6.45, 7) is 7.45. The average molecular weight is 223 g/mol. The van der Waals surface area contributed by atoms with Crippen LogP contribution >= 0.6 is 0 Å². The lowest BCUT2D eigenvalue weighted by atomic mass is 9.96. The zero-order valence-corrected chi connectivity index (χ0v) is 10.5. The molecule has 0 radical (unpaired) electrons. The van der Waals surface area contributed by atoms with Crippen LogP contribution in [0.25, 0.3) is 0 Å². The van der Waals surface area contributed by atoms with Crippen molar-refractivity contribution < 1.29 is 4.74 Å². The Morgan fingerprint density at radius 2 is 2.12 bits per heavy atom. The molecule has 2 atom stereocenters. The Labute approximate surface area is 97.5 Å². The second kappa shape index (κ2) is 6.43. The zero-order valence-electron chi connectivity index (χ0n) is 10.5. The summed E-state index contributed by atoms with van der Waals surface area (Å²) >= 11 is 0. The molecule has 1 heterocycles. The molecule has 2 unspecified atom stereocenters. The number of aromatic nitrogens is 2. The molecule has 90 valence electrons. The van der Waals surface area contributed by atoms with Gasteiger partial charge in [0.15, 0.2) is 0 Å². The first-order chi connectivity index (χ1) is 7.72. The van der Waals surface area contributed by atoms with Gasteiger partial charge in [-0.05, 0) is 12.5 Å². The number of ether oxygens (including phenoxy) is 1. The van der Waals surface area contributed by atoms with Crippen molar-refractivity contribution in [3.63, 3.8) is 0 Å². The molecule has 0 amide bonds. The Kier molecular flexibility index (Phi) is 5.19. The second-order valence-electron chi connectivity index (χ2n) is 3.91. The second-order valence-corrected chi connectivity index (χ2v) is 3.91. The van der Waals surface area contributed by atoms with E-state index in [0.717, 1.165) is 18.7 Å². The van der Waals surface area contributed by atoms with Crippen LogP contribution in [-0.4, -0.2) is 23.6 Å². The highest BCUT2D eigenvalue weighted by atomic mass is 16.5. The van der Waals surface area contributed by atoms with Crippen molar-refractivity contribution in [1.29, 1.82) is 0 Å². The maximum atomic E-state index is 5.12. The van der Waals surface area contributed by atoms with Crippen molar-refractivity contribution in [3.05, 3.63) is 18.1 Å². The fourth-order valence-corrected chi connectivity index (χ4v) is 1.69. The van der Waals surface area contributed by atoms with E-state index in [-0.39, 0.29) is 6.04 Å². The highest BCUT2D eigenvalue weighted by molar-refractivity contribution is 5.17. The van der Waals surface area contributed by atoms with Gasteiger partial charge in [0.1, 0.15) is 6.33 Å². The Bertz CT molecular complexity index is 317. The average Bonchev–Trinajstić information content (AvgIpc) is 2.35. The summed E-state index contributed by atoms with van der Waals surface area (Å²) in [6, 6.07) is 2.17. The lowest BCUT2D eigenvalue weighted by molar-refractivity contribution is 0.366. The first-order valence-corrected chi connectivity index (χ1v) is 5.82. The van der Waals surface area contributed by atoms with E-state index in [2.05, 4.69) is 36.1 Å². The molecule has 0 aliphatic carbocycles. The number of rotatable bonds is 6. The zero-order chi connectivity index (χ0) is 12.0. The van der Waals surface area contributed by atoms with Gasteiger partial charge >= 0.3 is 0 Å². The van der Waals surface area contributed by atoms with Crippen LogP contribution in [0.3, 0.4) is 0 Å². The summed E-state index contributed by atoms with van der Waals surface area (Å²) in [4.78, 5) is 8.35. The number of nitrogens with one attached hydrogen (secondary N) is 1. The highest BCUT2D eigenvalue weighted by Gasteiger charge is 2.18. The quantitative estimate of drug-likeness (QED) is 0.803. The van der Waals surface area contributed by atoms with Gasteiger partial charge in [-0.3, -0.25) is 0 Å². The predicted molar refractivity (Wildman–Crippen MR) is 64.5 cm³/mol. The molecule has 1 N–H and O–H groups in total. The van der Waals surface area contributed by atoms with E-state index in [4.69, 9.17) is 4.74 Å². The fraction of sp³-hybridized carbons (Fsp3) is 0.667. The number of methoxy groups -OCH3 is 1. The molecule has 0 saturated heterocycles. The molecule has 0 saturated carbocycles. The van der Waals surface area contributed by atoms with Gasteiger partial charge in [0.05, 0.1) is 18.8 Å². The van der Waals surface area contributed by atoms with Crippen LogP contribution in [0, 0.1) is 5.92 Å². The van der Waals surface area contributed by atoms with Crippen molar-refractivity contribution >= 4 is 0 Å². The maximum Gasteiger partial charge on any atom is 0.216 e. The Morgan fingerprint density at radius 3 is 2.69 bits per heavy atom. The molecular weight excluding hydrogens is 202 g/mol. The summed E-state index contributed by atoms with van der Waals surface area (Å²) in [5.74, 6) is 1.16. The van der Waals surface area contributed by atoms with Gasteiger partial charge in [0.2, 0.25) is 5.88 Å². The third-order valence-electron chi connectivity index (χ3n) is 2.83. The van der Waals surface area contributed by atoms with Crippen LogP contribution in [-0.2, 0) is 0 Å². The molecule has 0 aromatic carbocycles. The standard InChI is InChI=1S/C12H21N3O/c1-5-9(3)12(13-6-2)10-7-11(16-4)15-8-14-10/h7-9,12-13H,5-6H2,1-4H3. The van der Waals surface area contributed by atoms with E-state index in [1.165, 1.54) is 0 Å². The largest absolute Gasteiger partial charge is 0.481 e. The number of hydrogen-bond acceptors (Lipinski definition) is 4. The molecule has 1 rings (SSSR count). The van der Waals surface area contributed by atoms with Crippen molar-refractivity contribution in [2.24, 2.45) is 5.92 Å². The lowest BCUT2D eigenvalue weighted by Gasteiger charge is -2.23. The van der Waals surface area contributed by atoms with Crippen molar-refractivity contribution in [3.8, 4) is 5.88 Å². The van der Waals surface area contributed by atoms with E-state index in [1.807, 2.05) is 6.07 Å². The highest BCUT2D eigenvalue weighted by Crippen LogP contribution is 2.24. The summed E-state index contributed by atoms with van der Waals surface area (Å²) in [5.41, 5.74) is 1.00. The van der Waals surface area contributed by atoms with Gasteiger partial charge in [0.25, 0.3) is 0 Å². The molecule has 0 spiro atoms. The molecule has 4 nitrogen and oxygen atoms in total. The normalized spacial score (nSPS) is 14.5. The summed E-state index contributed by atoms with van der Waals surface area (Å²) in [5, 5.41) is 3.46. The van der Waals surface area contributed by atoms with Crippen LogP contribution in [0.4, 0.5) is 0 Å². The minimum atomic E-state index is 0.270. The molecule has 0 fully saturated rings. The van der Waals surface area contributed by atoms with Crippen LogP contribution in [0.15, 0.2) is 12.4 Å².